The Labute approximate surface area is 182 Å². The van der Waals surface area contributed by atoms with E-state index in [4.69, 9.17) is 11.6 Å². The fourth-order valence-corrected chi connectivity index (χ4v) is 4.99. The predicted octanol–water partition coefficient (Wildman–Crippen LogP) is 5.36. The first-order valence-corrected chi connectivity index (χ1v) is 11.0. The lowest BCUT2D eigenvalue weighted by Crippen LogP contribution is -2.29. The van der Waals surface area contributed by atoms with Gasteiger partial charge in [-0.05, 0) is 88.8 Å². The SMILES string of the molecule is Cc1ccc(C2Cc3c(c(=O)c4cc(Cl)ccc4n3O)C(CCCN(C)C)C2)cc1. The number of pyridine rings is 1. The molecule has 0 amide bonds. The van der Waals surface area contributed by atoms with E-state index >= 15 is 0 Å². The van der Waals surface area contributed by atoms with Crippen molar-refractivity contribution in [1.82, 2.24) is 9.63 Å². The normalized spacial score (nSPS) is 18.7. The van der Waals surface area contributed by atoms with Gasteiger partial charge in [-0.2, -0.15) is 4.73 Å². The summed E-state index contributed by atoms with van der Waals surface area (Å²) in [6.45, 7) is 3.07. The van der Waals surface area contributed by atoms with Crippen molar-refractivity contribution in [2.24, 2.45) is 0 Å². The summed E-state index contributed by atoms with van der Waals surface area (Å²) in [5, 5.41) is 12.1. The minimum atomic E-state index is 0.0185. The molecule has 158 valence electrons. The van der Waals surface area contributed by atoms with Crippen LogP contribution in [0.5, 0.6) is 0 Å². The van der Waals surface area contributed by atoms with Crippen LogP contribution in [0.2, 0.25) is 5.02 Å². The van der Waals surface area contributed by atoms with Gasteiger partial charge in [0, 0.05) is 10.6 Å². The molecule has 1 aliphatic carbocycles. The zero-order chi connectivity index (χ0) is 21.4. The van der Waals surface area contributed by atoms with E-state index in [1.165, 1.54) is 15.9 Å². The van der Waals surface area contributed by atoms with Crippen LogP contribution in [0.25, 0.3) is 10.9 Å². The average Bonchev–Trinajstić information content (AvgIpc) is 2.71. The van der Waals surface area contributed by atoms with Gasteiger partial charge >= 0.3 is 0 Å². The molecule has 0 radical (unpaired) electrons. The highest BCUT2D eigenvalue weighted by molar-refractivity contribution is 6.31. The number of benzene rings is 2. The van der Waals surface area contributed by atoms with E-state index in [1.54, 1.807) is 18.2 Å². The zero-order valence-corrected chi connectivity index (χ0v) is 18.6. The van der Waals surface area contributed by atoms with Gasteiger partial charge in [0.25, 0.3) is 0 Å². The second-order valence-corrected chi connectivity index (χ2v) is 9.29. The van der Waals surface area contributed by atoms with Gasteiger partial charge in [0.15, 0.2) is 5.43 Å². The second-order valence-electron chi connectivity index (χ2n) is 8.85. The molecule has 0 aliphatic heterocycles. The Morgan fingerprint density at radius 3 is 2.60 bits per heavy atom. The molecule has 4 nitrogen and oxygen atoms in total. The van der Waals surface area contributed by atoms with Gasteiger partial charge in [-0.25, -0.2) is 0 Å². The number of nitrogens with zero attached hydrogens (tertiary/aromatic N) is 2. The molecular formula is C25H29ClN2O2. The van der Waals surface area contributed by atoms with Crippen molar-refractivity contribution in [3.8, 4) is 0 Å². The Bertz CT molecular complexity index is 1120. The van der Waals surface area contributed by atoms with Gasteiger partial charge < -0.3 is 10.1 Å². The van der Waals surface area contributed by atoms with Crippen LogP contribution in [0, 0.1) is 6.92 Å². The van der Waals surface area contributed by atoms with Crippen molar-refractivity contribution in [2.75, 3.05) is 20.6 Å². The summed E-state index contributed by atoms with van der Waals surface area (Å²) in [7, 11) is 4.14. The largest absolute Gasteiger partial charge is 0.428 e. The van der Waals surface area contributed by atoms with Crippen LogP contribution >= 0.6 is 11.6 Å². The van der Waals surface area contributed by atoms with Crippen molar-refractivity contribution in [2.45, 2.75) is 44.4 Å². The van der Waals surface area contributed by atoms with Crippen LogP contribution in [0.1, 0.15) is 53.5 Å². The van der Waals surface area contributed by atoms with Crippen LogP contribution in [-0.4, -0.2) is 35.5 Å². The van der Waals surface area contributed by atoms with Crippen molar-refractivity contribution in [3.63, 3.8) is 0 Å². The average molecular weight is 425 g/mol. The van der Waals surface area contributed by atoms with E-state index in [2.05, 4.69) is 50.2 Å². The Kier molecular flexibility index (Phi) is 5.90. The maximum absolute atomic E-state index is 13.5. The molecule has 0 saturated carbocycles. The number of rotatable bonds is 5. The minimum Gasteiger partial charge on any atom is -0.428 e. The molecule has 1 heterocycles. The van der Waals surface area contributed by atoms with Crippen molar-refractivity contribution in [3.05, 3.63) is 80.1 Å². The third kappa shape index (κ3) is 3.99. The van der Waals surface area contributed by atoms with Gasteiger partial charge in [-0.15, -0.1) is 0 Å². The molecule has 2 unspecified atom stereocenters. The highest BCUT2D eigenvalue weighted by Crippen LogP contribution is 2.41. The Morgan fingerprint density at radius 2 is 1.90 bits per heavy atom. The molecule has 5 heteroatoms. The Balaban J connectivity index is 1.82. The van der Waals surface area contributed by atoms with Gasteiger partial charge in [0.2, 0.25) is 0 Å². The third-order valence-corrected chi connectivity index (χ3v) is 6.60. The van der Waals surface area contributed by atoms with Gasteiger partial charge in [0.05, 0.1) is 16.6 Å². The maximum atomic E-state index is 13.5. The Morgan fingerprint density at radius 1 is 1.17 bits per heavy atom. The molecular weight excluding hydrogens is 396 g/mol. The summed E-state index contributed by atoms with van der Waals surface area (Å²) >= 11 is 6.16. The van der Waals surface area contributed by atoms with Crippen LogP contribution in [-0.2, 0) is 6.42 Å². The highest BCUT2D eigenvalue weighted by atomic mass is 35.5. The lowest BCUT2D eigenvalue weighted by atomic mass is 9.74. The van der Waals surface area contributed by atoms with E-state index in [0.717, 1.165) is 37.1 Å². The number of halogens is 1. The van der Waals surface area contributed by atoms with E-state index in [9.17, 15) is 10.0 Å². The molecule has 3 aromatic rings. The Hall–Kier alpha value is -2.30. The van der Waals surface area contributed by atoms with Crippen molar-refractivity contribution >= 4 is 22.5 Å². The molecule has 1 N–H and O–H groups in total. The first kappa shape index (κ1) is 21.0. The summed E-state index contributed by atoms with van der Waals surface area (Å²) in [5.74, 6) is 0.402. The third-order valence-electron chi connectivity index (χ3n) is 6.37. The summed E-state index contributed by atoms with van der Waals surface area (Å²) in [4.78, 5) is 15.7. The number of hydrogen-bond donors (Lipinski definition) is 1. The summed E-state index contributed by atoms with van der Waals surface area (Å²) < 4.78 is 1.24. The van der Waals surface area contributed by atoms with Crippen molar-refractivity contribution < 1.29 is 5.21 Å². The number of hydrogen-bond acceptors (Lipinski definition) is 3. The molecule has 4 rings (SSSR count). The fourth-order valence-electron chi connectivity index (χ4n) is 4.81. The molecule has 0 bridgehead atoms. The molecule has 1 aromatic heterocycles. The summed E-state index contributed by atoms with van der Waals surface area (Å²) in [5.41, 5.74) is 4.58. The molecule has 1 aliphatic rings. The zero-order valence-electron chi connectivity index (χ0n) is 17.9. The number of aryl methyl sites for hydroxylation is 1. The topological polar surface area (TPSA) is 45.5 Å². The molecule has 0 fully saturated rings. The van der Waals surface area contributed by atoms with Crippen LogP contribution in [0.4, 0.5) is 0 Å². The summed E-state index contributed by atoms with van der Waals surface area (Å²) in [6, 6.07) is 13.8. The van der Waals surface area contributed by atoms with E-state index in [0.29, 0.717) is 22.3 Å². The molecule has 2 atom stereocenters. The van der Waals surface area contributed by atoms with Gasteiger partial charge in [-0.1, -0.05) is 41.4 Å². The van der Waals surface area contributed by atoms with Crippen LogP contribution < -0.4 is 5.43 Å². The smallest absolute Gasteiger partial charge is 0.193 e. The number of aromatic nitrogens is 1. The molecule has 2 aromatic carbocycles. The van der Waals surface area contributed by atoms with E-state index < -0.39 is 0 Å². The summed E-state index contributed by atoms with van der Waals surface area (Å²) in [6.07, 6.45) is 3.52. The predicted molar refractivity (Wildman–Crippen MR) is 123 cm³/mol. The first-order chi connectivity index (χ1) is 14.3. The second kappa shape index (κ2) is 8.44. The monoisotopic (exact) mass is 424 g/mol. The molecule has 0 spiro atoms. The van der Waals surface area contributed by atoms with Crippen molar-refractivity contribution in [1.29, 1.82) is 0 Å². The lowest BCUT2D eigenvalue weighted by molar-refractivity contribution is 0.181. The quantitative estimate of drug-likeness (QED) is 0.561. The van der Waals surface area contributed by atoms with E-state index in [1.807, 2.05) is 0 Å². The maximum Gasteiger partial charge on any atom is 0.193 e. The van der Waals surface area contributed by atoms with Gasteiger partial charge in [0.1, 0.15) is 0 Å². The fraction of sp³-hybridized carbons (Fsp3) is 0.400. The standard InChI is InChI=1S/C25H29ClN2O2/c1-16-6-8-17(9-7-16)19-13-18(5-4-12-27(2)3)24-23(14-19)28(30)22-11-10-20(26)15-21(22)25(24)29/h6-11,15,18-19,30H,4-5,12-14H2,1-3H3. The first-order valence-electron chi connectivity index (χ1n) is 10.6. The van der Waals surface area contributed by atoms with Gasteiger partial charge in [-0.3, -0.25) is 4.79 Å². The van der Waals surface area contributed by atoms with E-state index in [-0.39, 0.29) is 17.3 Å². The molecule has 30 heavy (non-hydrogen) atoms. The molecule has 0 saturated heterocycles. The van der Waals surface area contributed by atoms with Crippen LogP contribution in [0.15, 0.2) is 47.3 Å². The minimum absolute atomic E-state index is 0.0185. The highest BCUT2D eigenvalue weighted by Gasteiger charge is 2.33. The van der Waals surface area contributed by atoms with Crippen LogP contribution in [0.3, 0.4) is 0 Å². The number of fused-ring (bicyclic) bond motifs is 2. The lowest BCUT2D eigenvalue weighted by Gasteiger charge is -2.33.